The first-order chi connectivity index (χ1) is 12.8. The number of carbonyl (C=O) groups excluding carboxylic acids is 1. The molecule has 0 aromatic carbocycles. The summed E-state index contributed by atoms with van der Waals surface area (Å²) in [6.07, 6.45) is 4.15. The van der Waals surface area contributed by atoms with E-state index >= 15 is 0 Å². The molecule has 2 heterocycles. The number of likely N-dealkylation sites (tertiary alicyclic amines) is 1. The normalized spacial score (nSPS) is 17.7. The van der Waals surface area contributed by atoms with Gasteiger partial charge >= 0.3 is 6.09 Å². The van der Waals surface area contributed by atoms with Gasteiger partial charge in [-0.1, -0.05) is 0 Å². The maximum atomic E-state index is 12.2. The molecule has 1 aromatic heterocycles. The zero-order valence-corrected chi connectivity index (χ0v) is 16.7. The van der Waals surface area contributed by atoms with E-state index in [-0.39, 0.29) is 18.5 Å². The SMILES string of the molecule is COC(CNc1ncc(OC2CCCN(C(=O)OC(C)(C)C)C2)cn1)OC. The minimum Gasteiger partial charge on any atom is -0.485 e. The molecule has 27 heavy (non-hydrogen) atoms. The van der Waals surface area contributed by atoms with Gasteiger partial charge in [-0.2, -0.15) is 0 Å². The Labute approximate surface area is 160 Å². The highest BCUT2D eigenvalue weighted by Gasteiger charge is 2.28. The Morgan fingerprint density at radius 2 is 1.96 bits per heavy atom. The Morgan fingerprint density at radius 3 is 2.56 bits per heavy atom. The summed E-state index contributed by atoms with van der Waals surface area (Å²) in [7, 11) is 3.14. The molecule has 1 unspecified atom stereocenters. The summed E-state index contributed by atoms with van der Waals surface area (Å²) in [5, 5.41) is 3.02. The molecule has 0 aliphatic carbocycles. The molecule has 9 heteroatoms. The topological polar surface area (TPSA) is 95.0 Å². The molecular weight excluding hydrogens is 352 g/mol. The van der Waals surface area contributed by atoms with Crippen LogP contribution in [0.4, 0.5) is 10.7 Å². The first-order valence-corrected chi connectivity index (χ1v) is 9.07. The van der Waals surface area contributed by atoms with E-state index in [1.807, 2.05) is 20.8 Å². The summed E-state index contributed by atoms with van der Waals surface area (Å²) in [5.74, 6) is 1.02. The van der Waals surface area contributed by atoms with E-state index < -0.39 is 5.60 Å². The van der Waals surface area contributed by atoms with Crippen molar-refractivity contribution in [2.75, 3.05) is 39.2 Å². The van der Waals surface area contributed by atoms with Gasteiger partial charge in [0.2, 0.25) is 5.95 Å². The molecule has 1 aliphatic heterocycles. The summed E-state index contributed by atoms with van der Waals surface area (Å²) in [6.45, 7) is 7.17. The number of aromatic nitrogens is 2. The van der Waals surface area contributed by atoms with Crippen LogP contribution >= 0.6 is 0 Å². The molecule has 0 spiro atoms. The van der Waals surface area contributed by atoms with Crippen LogP contribution in [0.25, 0.3) is 0 Å². The highest BCUT2D eigenvalue weighted by atomic mass is 16.7. The van der Waals surface area contributed by atoms with Crippen molar-refractivity contribution in [3.63, 3.8) is 0 Å². The van der Waals surface area contributed by atoms with Crippen molar-refractivity contribution < 1.29 is 23.7 Å². The van der Waals surface area contributed by atoms with Gasteiger partial charge in [0.15, 0.2) is 12.0 Å². The van der Waals surface area contributed by atoms with E-state index in [9.17, 15) is 4.79 Å². The fraction of sp³-hybridized carbons (Fsp3) is 0.722. The second-order valence-electron chi connectivity index (χ2n) is 7.33. The zero-order valence-electron chi connectivity index (χ0n) is 16.7. The van der Waals surface area contributed by atoms with Crippen molar-refractivity contribution in [2.24, 2.45) is 0 Å². The van der Waals surface area contributed by atoms with E-state index in [2.05, 4.69) is 15.3 Å². The number of amides is 1. The van der Waals surface area contributed by atoms with E-state index in [0.717, 1.165) is 12.8 Å². The van der Waals surface area contributed by atoms with E-state index in [1.54, 1.807) is 31.5 Å². The Hall–Kier alpha value is -2.13. The van der Waals surface area contributed by atoms with Crippen molar-refractivity contribution in [2.45, 2.75) is 51.6 Å². The number of piperidine rings is 1. The smallest absolute Gasteiger partial charge is 0.410 e. The van der Waals surface area contributed by atoms with Gasteiger partial charge in [0, 0.05) is 20.8 Å². The van der Waals surface area contributed by atoms with Crippen LogP contribution in [0.1, 0.15) is 33.6 Å². The third-order valence-corrected chi connectivity index (χ3v) is 3.91. The highest BCUT2D eigenvalue weighted by Crippen LogP contribution is 2.20. The quantitative estimate of drug-likeness (QED) is 0.718. The first-order valence-electron chi connectivity index (χ1n) is 9.07. The van der Waals surface area contributed by atoms with E-state index in [1.165, 1.54) is 0 Å². The molecule has 1 aromatic rings. The molecule has 152 valence electrons. The number of rotatable bonds is 7. The van der Waals surface area contributed by atoms with Gasteiger partial charge in [0.05, 0.1) is 25.5 Å². The molecular formula is C18H30N4O5. The maximum absolute atomic E-state index is 12.2. The number of hydrogen-bond acceptors (Lipinski definition) is 8. The molecule has 0 radical (unpaired) electrons. The summed E-state index contributed by atoms with van der Waals surface area (Å²) >= 11 is 0. The predicted octanol–water partition coefficient (Wildman–Crippen LogP) is 2.29. The van der Waals surface area contributed by atoms with Crippen LogP contribution in [0.3, 0.4) is 0 Å². The van der Waals surface area contributed by atoms with E-state index in [4.69, 9.17) is 18.9 Å². The van der Waals surface area contributed by atoms with Gasteiger partial charge in [0.1, 0.15) is 11.7 Å². The lowest BCUT2D eigenvalue weighted by Crippen LogP contribution is -2.46. The minimum atomic E-state index is -0.508. The molecule has 1 atom stereocenters. The van der Waals surface area contributed by atoms with Gasteiger partial charge in [-0.25, -0.2) is 14.8 Å². The Bertz CT molecular complexity index is 586. The third-order valence-electron chi connectivity index (χ3n) is 3.91. The van der Waals surface area contributed by atoms with Crippen molar-refractivity contribution in [1.82, 2.24) is 14.9 Å². The Morgan fingerprint density at radius 1 is 1.30 bits per heavy atom. The largest absolute Gasteiger partial charge is 0.485 e. The Balaban J connectivity index is 1.84. The molecule has 1 N–H and O–H groups in total. The van der Waals surface area contributed by atoms with Gasteiger partial charge in [-0.05, 0) is 33.6 Å². The molecule has 2 rings (SSSR count). The summed E-state index contributed by atoms with van der Waals surface area (Å²) in [6, 6.07) is 0. The van der Waals surface area contributed by atoms with Gasteiger partial charge in [-0.3, -0.25) is 0 Å². The molecule has 0 bridgehead atoms. The third kappa shape index (κ3) is 7.18. The number of anilines is 1. The maximum Gasteiger partial charge on any atom is 0.410 e. The molecule has 9 nitrogen and oxygen atoms in total. The lowest BCUT2D eigenvalue weighted by molar-refractivity contribution is -0.0914. The molecule has 1 fully saturated rings. The predicted molar refractivity (Wildman–Crippen MR) is 99.8 cm³/mol. The number of nitrogens with zero attached hydrogens (tertiary/aromatic N) is 3. The zero-order chi connectivity index (χ0) is 19.9. The van der Waals surface area contributed by atoms with Crippen LogP contribution < -0.4 is 10.1 Å². The standard InChI is InChI=1S/C18H30N4O5/c1-18(2,3)27-17(23)22-8-6-7-13(12-22)26-14-9-19-16(20-10-14)21-11-15(24-4)25-5/h9-10,13,15H,6-8,11-12H2,1-5H3,(H,19,20,21). The number of carbonyl (C=O) groups is 1. The van der Waals surface area contributed by atoms with Crippen molar-refractivity contribution in [1.29, 1.82) is 0 Å². The van der Waals surface area contributed by atoms with Crippen molar-refractivity contribution in [3.8, 4) is 5.75 Å². The Kier molecular flexibility index (Phi) is 7.61. The lowest BCUT2D eigenvalue weighted by Gasteiger charge is -2.34. The summed E-state index contributed by atoms with van der Waals surface area (Å²) in [5.41, 5.74) is -0.508. The van der Waals surface area contributed by atoms with Crippen LogP contribution in [-0.2, 0) is 14.2 Å². The fourth-order valence-corrected chi connectivity index (χ4v) is 2.62. The van der Waals surface area contributed by atoms with Gasteiger partial charge < -0.3 is 29.2 Å². The van der Waals surface area contributed by atoms with Crippen molar-refractivity contribution in [3.05, 3.63) is 12.4 Å². The molecule has 1 aliphatic rings. The van der Waals surface area contributed by atoms with Crippen LogP contribution in [0.5, 0.6) is 5.75 Å². The molecule has 1 saturated heterocycles. The first kappa shape index (κ1) is 21.2. The van der Waals surface area contributed by atoms with Crippen LogP contribution in [0.15, 0.2) is 12.4 Å². The second kappa shape index (κ2) is 9.70. The minimum absolute atomic E-state index is 0.111. The summed E-state index contributed by atoms with van der Waals surface area (Å²) < 4.78 is 21.6. The highest BCUT2D eigenvalue weighted by molar-refractivity contribution is 5.68. The van der Waals surface area contributed by atoms with Crippen molar-refractivity contribution >= 4 is 12.0 Å². The monoisotopic (exact) mass is 382 g/mol. The van der Waals surface area contributed by atoms with Gasteiger partial charge in [-0.15, -0.1) is 0 Å². The fourth-order valence-electron chi connectivity index (χ4n) is 2.62. The van der Waals surface area contributed by atoms with E-state index in [0.29, 0.717) is 31.3 Å². The number of ether oxygens (including phenoxy) is 4. The van der Waals surface area contributed by atoms with Crippen LogP contribution in [-0.4, -0.2) is 72.8 Å². The molecule has 1 amide bonds. The average Bonchev–Trinajstić information content (AvgIpc) is 2.63. The summed E-state index contributed by atoms with van der Waals surface area (Å²) in [4.78, 5) is 22.4. The van der Waals surface area contributed by atoms with Crippen LogP contribution in [0.2, 0.25) is 0 Å². The number of methoxy groups -OCH3 is 2. The van der Waals surface area contributed by atoms with Gasteiger partial charge in [0.25, 0.3) is 0 Å². The lowest BCUT2D eigenvalue weighted by atomic mass is 10.1. The number of nitrogens with one attached hydrogen (secondary N) is 1. The molecule has 0 saturated carbocycles. The van der Waals surface area contributed by atoms with Crippen LogP contribution in [0, 0.1) is 0 Å². The number of hydrogen-bond donors (Lipinski definition) is 1. The average molecular weight is 382 g/mol. The second-order valence-corrected chi connectivity index (χ2v) is 7.33.